The Bertz CT molecular complexity index is 1470. The number of alkyl halides is 2. The SMILES string of the molecule is CC(C)n1ncc2cc(C(=O)Nc3ccc(-c4nc5ccccc5n4C(F)F)cc3)cnc21. The highest BCUT2D eigenvalue weighted by molar-refractivity contribution is 6.05. The molecule has 1 N–H and O–H groups in total. The number of hydrogen-bond acceptors (Lipinski definition) is 4. The van der Waals surface area contributed by atoms with Crippen molar-refractivity contribution >= 4 is 33.7 Å². The van der Waals surface area contributed by atoms with Gasteiger partial charge < -0.3 is 5.32 Å². The summed E-state index contributed by atoms with van der Waals surface area (Å²) in [4.78, 5) is 21.5. The van der Waals surface area contributed by atoms with E-state index in [9.17, 15) is 13.6 Å². The number of pyridine rings is 1. The normalized spacial score (nSPS) is 11.7. The lowest BCUT2D eigenvalue weighted by Crippen LogP contribution is -2.12. The van der Waals surface area contributed by atoms with Crippen molar-refractivity contribution in [3.63, 3.8) is 0 Å². The quantitative estimate of drug-likeness (QED) is 0.377. The van der Waals surface area contributed by atoms with Crippen LogP contribution < -0.4 is 5.32 Å². The number of aromatic nitrogens is 5. The van der Waals surface area contributed by atoms with E-state index in [2.05, 4.69) is 20.4 Å². The van der Waals surface area contributed by atoms with Gasteiger partial charge in [-0.15, -0.1) is 0 Å². The van der Waals surface area contributed by atoms with Crippen LogP contribution in [0.1, 0.15) is 36.8 Å². The van der Waals surface area contributed by atoms with Crippen LogP contribution in [-0.4, -0.2) is 30.2 Å². The zero-order valence-electron chi connectivity index (χ0n) is 17.9. The number of anilines is 1. The van der Waals surface area contributed by atoms with E-state index in [1.165, 1.54) is 6.20 Å². The molecule has 0 saturated heterocycles. The molecule has 0 aliphatic rings. The van der Waals surface area contributed by atoms with Gasteiger partial charge in [0.05, 0.1) is 22.8 Å². The molecule has 0 spiro atoms. The van der Waals surface area contributed by atoms with Gasteiger partial charge in [-0.3, -0.25) is 9.36 Å². The molecular formula is C24H20F2N6O. The molecule has 0 saturated carbocycles. The maximum atomic E-state index is 13.7. The third-order valence-corrected chi connectivity index (χ3v) is 5.38. The van der Waals surface area contributed by atoms with Crippen LogP contribution in [0.3, 0.4) is 0 Å². The summed E-state index contributed by atoms with van der Waals surface area (Å²) in [6.07, 6.45) is 3.20. The third kappa shape index (κ3) is 3.71. The molecule has 5 aromatic rings. The van der Waals surface area contributed by atoms with Gasteiger partial charge in [-0.05, 0) is 56.3 Å². The van der Waals surface area contributed by atoms with Crippen LogP contribution >= 0.6 is 0 Å². The van der Waals surface area contributed by atoms with Crippen molar-refractivity contribution in [1.29, 1.82) is 0 Å². The summed E-state index contributed by atoms with van der Waals surface area (Å²) in [5.74, 6) is -0.157. The highest BCUT2D eigenvalue weighted by atomic mass is 19.3. The smallest absolute Gasteiger partial charge is 0.320 e. The summed E-state index contributed by atoms with van der Waals surface area (Å²) in [7, 11) is 0. The van der Waals surface area contributed by atoms with E-state index in [0.717, 1.165) is 9.95 Å². The van der Waals surface area contributed by atoms with Gasteiger partial charge >= 0.3 is 6.55 Å². The van der Waals surface area contributed by atoms with Crippen molar-refractivity contribution in [2.24, 2.45) is 0 Å². The molecule has 9 heteroatoms. The summed E-state index contributed by atoms with van der Waals surface area (Å²) in [6, 6.07) is 15.3. The fraction of sp³-hybridized carbons (Fsp3) is 0.167. The first-order valence-electron chi connectivity index (χ1n) is 10.4. The van der Waals surface area contributed by atoms with Crippen molar-refractivity contribution in [3.05, 3.63) is 72.6 Å². The Kier molecular flexibility index (Phi) is 5.08. The fourth-order valence-corrected chi connectivity index (χ4v) is 3.79. The number of rotatable bonds is 5. The van der Waals surface area contributed by atoms with Gasteiger partial charge in [0.25, 0.3) is 5.91 Å². The maximum Gasteiger partial charge on any atom is 0.320 e. The average Bonchev–Trinajstić information content (AvgIpc) is 3.41. The minimum atomic E-state index is -2.73. The second-order valence-corrected chi connectivity index (χ2v) is 7.92. The Morgan fingerprint density at radius 3 is 2.52 bits per heavy atom. The van der Waals surface area contributed by atoms with E-state index in [4.69, 9.17) is 0 Å². The van der Waals surface area contributed by atoms with Crippen molar-refractivity contribution in [2.45, 2.75) is 26.4 Å². The number of nitrogens with one attached hydrogen (secondary N) is 1. The van der Waals surface area contributed by atoms with Gasteiger partial charge in [-0.2, -0.15) is 13.9 Å². The fourth-order valence-electron chi connectivity index (χ4n) is 3.79. The van der Waals surface area contributed by atoms with Crippen LogP contribution in [0, 0.1) is 0 Å². The Morgan fingerprint density at radius 1 is 1.03 bits per heavy atom. The number of hydrogen-bond donors (Lipinski definition) is 1. The molecule has 2 aromatic carbocycles. The van der Waals surface area contributed by atoms with Crippen molar-refractivity contribution in [3.8, 4) is 11.4 Å². The molecule has 0 aliphatic carbocycles. The van der Waals surface area contributed by atoms with Gasteiger partial charge in [0, 0.05) is 28.9 Å². The highest BCUT2D eigenvalue weighted by Gasteiger charge is 2.19. The van der Waals surface area contributed by atoms with E-state index in [0.29, 0.717) is 33.5 Å². The Balaban J connectivity index is 1.39. The summed E-state index contributed by atoms with van der Waals surface area (Å²) in [5.41, 5.74) is 3.02. The molecule has 0 atom stereocenters. The third-order valence-electron chi connectivity index (χ3n) is 5.38. The minimum absolute atomic E-state index is 0.159. The van der Waals surface area contributed by atoms with Gasteiger partial charge in [0.2, 0.25) is 0 Å². The largest absolute Gasteiger partial charge is 0.322 e. The lowest BCUT2D eigenvalue weighted by molar-refractivity contribution is 0.0764. The molecule has 0 aliphatic heterocycles. The molecule has 166 valence electrons. The number of carbonyl (C=O) groups excluding carboxylic acids is 1. The van der Waals surface area contributed by atoms with Gasteiger partial charge in [-0.1, -0.05) is 12.1 Å². The second-order valence-electron chi connectivity index (χ2n) is 7.92. The van der Waals surface area contributed by atoms with Crippen LogP contribution in [0.2, 0.25) is 0 Å². The summed E-state index contributed by atoms with van der Waals surface area (Å²) in [6.45, 7) is 1.29. The molecule has 5 rings (SSSR count). The Morgan fingerprint density at radius 2 is 1.79 bits per heavy atom. The number of fused-ring (bicyclic) bond motifs is 2. The molecule has 0 bridgehead atoms. The Hall–Kier alpha value is -4.14. The first-order chi connectivity index (χ1) is 15.9. The van der Waals surface area contributed by atoms with E-state index in [1.807, 2.05) is 13.8 Å². The molecule has 0 fully saturated rings. The van der Waals surface area contributed by atoms with Crippen LogP contribution in [0.4, 0.5) is 14.5 Å². The van der Waals surface area contributed by atoms with Crippen molar-refractivity contribution < 1.29 is 13.6 Å². The predicted octanol–water partition coefficient (Wildman–Crippen LogP) is 5.68. The molecular weight excluding hydrogens is 426 g/mol. The molecule has 0 radical (unpaired) electrons. The first-order valence-corrected chi connectivity index (χ1v) is 10.4. The lowest BCUT2D eigenvalue weighted by Gasteiger charge is -2.09. The standard InChI is InChI=1S/C24H20F2N6O/c1-14(2)32-21-16(13-28-32)11-17(12-27-21)23(33)29-18-9-7-15(8-10-18)22-30-19-5-3-4-6-20(19)31(22)24(25)26/h3-14,24H,1-2H3,(H,29,33). The molecule has 3 aromatic heterocycles. The van der Waals surface area contributed by atoms with Crippen LogP contribution in [0.15, 0.2) is 67.0 Å². The predicted molar refractivity (Wildman–Crippen MR) is 122 cm³/mol. The zero-order valence-corrected chi connectivity index (χ0v) is 17.9. The summed E-state index contributed by atoms with van der Waals surface area (Å²) < 4.78 is 30.2. The first kappa shape index (κ1) is 20.7. The van der Waals surface area contributed by atoms with E-state index >= 15 is 0 Å². The van der Waals surface area contributed by atoms with Crippen LogP contribution in [0.5, 0.6) is 0 Å². The molecule has 1 amide bonds. The molecule has 0 unspecified atom stereocenters. The number of amides is 1. The van der Waals surface area contributed by atoms with E-state index in [-0.39, 0.29) is 17.8 Å². The number of carbonyl (C=O) groups is 1. The maximum absolute atomic E-state index is 13.7. The minimum Gasteiger partial charge on any atom is -0.322 e. The number of nitrogens with zero attached hydrogens (tertiary/aromatic N) is 5. The molecule has 7 nitrogen and oxygen atoms in total. The van der Waals surface area contributed by atoms with Crippen LogP contribution in [-0.2, 0) is 0 Å². The van der Waals surface area contributed by atoms with Gasteiger partial charge in [0.15, 0.2) is 5.65 Å². The van der Waals surface area contributed by atoms with Crippen molar-refractivity contribution in [1.82, 2.24) is 24.3 Å². The summed E-state index contributed by atoms with van der Waals surface area (Å²) in [5, 5.41) is 7.90. The Labute approximate surface area is 187 Å². The molecule has 3 heterocycles. The number of imidazole rings is 1. The number of para-hydroxylation sites is 2. The van der Waals surface area contributed by atoms with E-state index in [1.54, 1.807) is 65.5 Å². The monoisotopic (exact) mass is 446 g/mol. The number of benzene rings is 2. The second kappa shape index (κ2) is 8.09. The van der Waals surface area contributed by atoms with Gasteiger partial charge in [0.1, 0.15) is 5.82 Å². The summed E-state index contributed by atoms with van der Waals surface area (Å²) >= 11 is 0. The van der Waals surface area contributed by atoms with Gasteiger partial charge in [-0.25, -0.2) is 14.6 Å². The van der Waals surface area contributed by atoms with Crippen LogP contribution in [0.25, 0.3) is 33.5 Å². The zero-order chi connectivity index (χ0) is 23.1. The number of halogens is 2. The molecule has 33 heavy (non-hydrogen) atoms. The lowest BCUT2D eigenvalue weighted by atomic mass is 10.1. The topological polar surface area (TPSA) is 77.6 Å². The van der Waals surface area contributed by atoms with Crippen molar-refractivity contribution in [2.75, 3.05) is 5.32 Å². The van der Waals surface area contributed by atoms with E-state index < -0.39 is 6.55 Å². The average molecular weight is 446 g/mol. The highest BCUT2D eigenvalue weighted by Crippen LogP contribution is 2.30.